The highest BCUT2D eigenvalue weighted by Crippen LogP contribution is 2.35. The van der Waals surface area contributed by atoms with E-state index in [1.807, 2.05) is 72.8 Å². The molecule has 7 nitrogen and oxygen atoms in total. The topological polar surface area (TPSA) is 75.6 Å². The van der Waals surface area contributed by atoms with Crippen molar-refractivity contribution in [3.63, 3.8) is 0 Å². The number of carbonyl (C=O) groups is 1. The van der Waals surface area contributed by atoms with Crippen LogP contribution in [0.15, 0.2) is 83.5 Å². The maximum Gasteiger partial charge on any atom is 0.337 e. The number of esters is 1. The molecule has 0 fully saturated rings. The Balaban J connectivity index is 1.11. The summed E-state index contributed by atoms with van der Waals surface area (Å²) >= 11 is 0. The molecular formula is C28H25NO6. The molecule has 5 rings (SSSR count). The largest absolute Gasteiger partial charge is 0.493 e. The quantitative estimate of drug-likeness (QED) is 0.440. The molecule has 0 radical (unpaired) electrons. The molecule has 0 N–H and O–H groups in total. The summed E-state index contributed by atoms with van der Waals surface area (Å²) in [5.74, 6) is 1.60. The first-order valence-electron chi connectivity index (χ1n) is 11.4. The third-order valence-corrected chi connectivity index (χ3v) is 5.76. The minimum absolute atomic E-state index is 0.104. The molecule has 0 aromatic heterocycles. The van der Waals surface area contributed by atoms with Gasteiger partial charge in [0.05, 0.1) is 18.4 Å². The van der Waals surface area contributed by atoms with Gasteiger partial charge in [0.2, 0.25) is 0 Å². The first-order valence-corrected chi connectivity index (χ1v) is 11.4. The first-order chi connectivity index (χ1) is 17.2. The lowest BCUT2D eigenvalue weighted by Crippen LogP contribution is -2.23. The van der Waals surface area contributed by atoms with E-state index in [1.165, 1.54) is 0 Å². The standard InChI is InChI=1S/C28H25NO6/c1-31-26-9-5-8-21-14-22(17-33-27(21)26)28(30)34-18-24-15-25(29-35-24)20-10-12-23(13-11-20)32-16-19-6-3-2-4-7-19/h2-14,24H,15-18H2,1H3. The first kappa shape index (κ1) is 22.5. The van der Waals surface area contributed by atoms with Gasteiger partial charge in [-0.15, -0.1) is 0 Å². The summed E-state index contributed by atoms with van der Waals surface area (Å²) in [5.41, 5.74) is 4.08. The molecule has 2 heterocycles. The molecule has 3 aromatic rings. The Bertz CT molecular complexity index is 1250. The maximum absolute atomic E-state index is 12.6. The van der Waals surface area contributed by atoms with Gasteiger partial charge in [0.15, 0.2) is 17.6 Å². The average molecular weight is 472 g/mol. The summed E-state index contributed by atoms with van der Waals surface area (Å²) in [6, 6.07) is 23.3. The van der Waals surface area contributed by atoms with Crippen molar-refractivity contribution in [1.82, 2.24) is 0 Å². The lowest BCUT2D eigenvalue weighted by molar-refractivity contribution is -0.143. The summed E-state index contributed by atoms with van der Waals surface area (Å²) in [7, 11) is 1.58. The number of rotatable bonds is 8. The van der Waals surface area contributed by atoms with Gasteiger partial charge in [-0.3, -0.25) is 0 Å². The van der Waals surface area contributed by atoms with Crippen LogP contribution in [0.25, 0.3) is 6.08 Å². The molecule has 1 unspecified atom stereocenters. The number of nitrogens with zero attached hydrogens (tertiary/aromatic N) is 1. The van der Waals surface area contributed by atoms with Crippen LogP contribution in [0.2, 0.25) is 0 Å². The van der Waals surface area contributed by atoms with E-state index in [0.717, 1.165) is 28.2 Å². The highest BCUT2D eigenvalue weighted by atomic mass is 16.7. The van der Waals surface area contributed by atoms with Gasteiger partial charge < -0.3 is 23.8 Å². The van der Waals surface area contributed by atoms with E-state index in [-0.39, 0.29) is 19.3 Å². The zero-order valence-electron chi connectivity index (χ0n) is 19.3. The highest BCUT2D eigenvalue weighted by molar-refractivity contribution is 6.01. The number of hydrogen-bond donors (Lipinski definition) is 0. The van der Waals surface area contributed by atoms with Crippen molar-refractivity contribution in [2.75, 3.05) is 20.3 Å². The number of oxime groups is 1. The second-order valence-electron chi connectivity index (χ2n) is 8.20. The number of benzene rings is 3. The van der Waals surface area contributed by atoms with Gasteiger partial charge in [0, 0.05) is 12.0 Å². The second-order valence-corrected chi connectivity index (χ2v) is 8.20. The fourth-order valence-electron chi connectivity index (χ4n) is 3.89. The molecular weight excluding hydrogens is 446 g/mol. The predicted octanol–water partition coefficient (Wildman–Crippen LogP) is 4.79. The lowest BCUT2D eigenvalue weighted by Gasteiger charge is -2.19. The third kappa shape index (κ3) is 5.30. The van der Waals surface area contributed by atoms with Gasteiger partial charge in [-0.2, -0.15) is 0 Å². The van der Waals surface area contributed by atoms with E-state index in [0.29, 0.717) is 30.1 Å². The smallest absolute Gasteiger partial charge is 0.337 e. The molecule has 0 saturated heterocycles. The minimum Gasteiger partial charge on any atom is -0.493 e. The van der Waals surface area contributed by atoms with Gasteiger partial charge in [0.25, 0.3) is 0 Å². The second kappa shape index (κ2) is 10.3. The molecule has 0 amide bonds. The zero-order valence-corrected chi connectivity index (χ0v) is 19.3. The van der Waals surface area contributed by atoms with Crippen LogP contribution in [-0.2, 0) is 21.0 Å². The molecule has 0 aliphatic carbocycles. The van der Waals surface area contributed by atoms with E-state index in [2.05, 4.69) is 5.16 Å². The molecule has 178 valence electrons. The van der Waals surface area contributed by atoms with Crippen molar-refractivity contribution in [3.05, 3.63) is 95.1 Å². The Morgan fingerprint density at radius 2 is 1.86 bits per heavy atom. The lowest BCUT2D eigenvalue weighted by atomic mass is 10.1. The monoisotopic (exact) mass is 471 g/mol. The van der Waals surface area contributed by atoms with Gasteiger partial charge in [-0.1, -0.05) is 47.6 Å². The van der Waals surface area contributed by atoms with Crippen LogP contribution < -0.4 is 14.2 Å². The third-order valence-electron chi connectivity index (χ3n) is 5.76. The number of ether oxygens (including phenoxy) is 4. The van der Waals surface area contributed by atoms with Gasteiger partial charge in [0.1, 0.15) is 25.6 Å². The van der Waals surface area contributed by atoms with Crippen LogP contribution in [0.5, 0.6) is 17.2 Å². The summed E-state index contributed by atoms with van der Waals surface area (Å²) in [5, 5.41) is 4.18. The normalized spacial score (nSPS) is 16.2. The van der Waals surface area contributed by atoms with Crippen LogP contribution >= 0.6 is 0 Å². The molecule has 0 bridgehead atoms. The van der Waals surface area contributed by atoms with Crippen LogP contribution in [0.1, 0.15) is 23.1 Å². The van der Waals surface area contributed by atoms with Crippen molar-refractivity contribution in [3.8, 4) is 17.2 Å². The van der Waals surface area contributed by atoms with Crippen LogP contribution in [0, 0.1) is 0 Å². The summed E-state index contributed by atoms with van der Waals surface area (Å²) in [6.07, 6.45) is 1.98. The van der Waals surface area contributed by atoms with Gasteiger partial charge in [-0.05, 0) is 47.5 Å². The Hall–Kier alpha value is -4.26. The molecule has 0 saturated carbocycles. The van der Waals surface area contributed by atoms with Crippen molar-refractivity contribution in [1.29, 1.82) is 0 Å². The summed E-state index contributed by atoms with van der Waals surface area (Å²) in [4.78, 5) is 18.1. The minimum atomic E-state index is -0.435. The molecule has 2 aliphatic rings. The van der Waals surface area contributed by atoms with Gasteiger partial charge >= 0.3 is 5.97 Å². The number of methoxy groups -OCH3 is 1. The Morgan fingerprint density at radius 1 is 1.03 bits per heavy atom. The highest BCUT2D eigenvalue weighted by Gasteiger charge is 2.26. The van der Waals surface area contributed by atoms with Gasteiger partial charge in [-0.25, -0.2) is 4.79 Å². The van der Waals surface area contributed by atoms with E-state index in [4.69, 9.17) is 23.8 Å². The van der Waals surface area contributed by atoms with E-state index in [9.17, 15) is 4.79 Å². The van der Waals surface area contributed by atoms with Crippen LogP contribution in [0.4, 0.5) is 0 Å². The zero-order chi connectivity index (χ0) is 24.0. The van der Waals surface area contributed by atoms with Crippen LogP contribution in [-0.4, -0.2) is 38.1 Å². The number of fused-ring (bicyclic) bond motifs is 1. The Kier molecular flexibility index (Phi) is 6.66. The Morgan fingerprint density at radius 3 is 2.66 bits per heavy atom. The van der Waals surface area contributed by atoms with E-state index in [1.54, 1.807) is 13.2 Å². The van der Waals surface area contributed by atoms with Crippen molar-refractivity contribution >= 4 is 17.8 Å². The number of para-hydroxylation sites is 1. The molecule has 0 spiro atoms. The maximum atomic E-state index is 12.6. The fraction of sp³-hybridized carbons (Fsp3) is 0.214. The molecule has 2 aliphatic heterocycles. The van der Waals surface area contributed by atoms with E-state index >= 15 is 0 Å². The summed E-state index contributed by atoms with van der Waals surface area (Å²) < 4.78 is 22.3. The van der Waals surface area contributed by atoms with Crippen LogP contribution in [0.3, 0.4) is 0 Å². The number of carbonyl (C=O) groups excluding carboxylic acids is 1. The fourth-order valence-corrected chi connectivity index (χ4v) is 3.89. The van der Waals surface area contributed by atoms with Crippen molar-refractivity contribution in [2.45, 2.75) is 19.1 Å². The molecule has 1 atom stereocenters. The Labute approximate surface area is 203 Å². The number of hydrogen-bond acceptors (Lipinski definition) is 7. The average Bonchev–Trinajstić information content (AvgIpc) is 3.40. The SMILES string of the molecule is COc1cccc2c1OCC(C(=O)OCC1CC(c3ccc(OCc4ccccc4)cc3)=NO1)=C2. The van der Waals surface area contributed by atoms with Crippen molar-refractivity contribution in [2.24, 2.45) is 5.16 Å². The predicted molar refractivity (Wildman–Crippen MR) is 131 cm³/mol. The molecule has 7 heteroatoms. The van der Waals surface area contributed by atoms with Crippen molar-refractivity contribution < 1.29 is 28.6 Å². The summed E-state index contributed by atoms with van der Waals surface area (Å²) in [6.45, 7) is 0.739. The molecule has 35 heavy (non-hydrogen) atoms. The van der Waals surface area contributed by atoms with E-state index < -0.39 is 5.97 Å². The molecule has 3 aromatic carbocycles.